The predicted molar refractivity (Wildman–Crippen MR) is 113 cm³/mol. The van der Waals surface area contributed by atoms with Gasteiger partial charge in [-0.1, -0.05) is 11.6 Å². The highest BCUT2D eigenvalue weighted by molar-refractivity contribution is 6.30. The van der Waals surface area contributed by atoms with Crippen molar-refractivity contribution in [2.24, 2.45) is 0 Å². The van der Waals surface area contributed by atoms with Gasteiger partial charge < -0.3 is 14.1 Å². The normalized spacial score (nSPS) is 15.1. The molecule has 1 aliphatic rings. The maximum Gasteiger partial charge on any atom is 0.336 e. The van der Waals surface area contributed by atoms with Crippen molar-refractivity contribution < 1.29 is 9.15 Å². The molecular formula is C22H23ClN2O3. The number of nitrogens with zero attached hydrogens (tertiary/aromatic N) is 2. The number of piperazine rings is 1. The van der Waals surface area contributed by atoms with E-state index in [1.54, 1.807) is 12.1 Å². The quantitative estimate of drug-likeness (QED) is 0.463. The van der Waals surface area contributed by atoms with Crippen molar-refractivity contribution in [1.29, 1.82) is 0 Å². The maximum absolute atomic E-state index is 11.3. The second-order valence-electron chi connectivity index (χ2n) is 6.96. The number of anilines is 1. The Morgan fingerprint density at radius 2 is 1.71 bits per heavy atom. The van der Waals surface area contributed by atoms with E-state index in [-0.39, 0.29) is 5.63 Å². The lowest BCUT2D eigenvalue weighted by molar-refractivity contribution is 0.225. The molecule has 146 valence electrons. The highest BCUT2D eigenvalue weighted by Crippen LogP contribution is 2.21. The van der Waals surface area contributed by atoms with E-state index in [4.69, 9.17) is 20.8 Å². The zero-order chi connectivity index (χ0) is 19.3. The Kier molecular flexibility index (Phi) is 5.84. The van der Waals surface area contributed by atoms with Gasteiger partial charge in [0.05, 0.1) is 6.61 Å². The van der Waals surface area contributed by atoms with Crippen LogP contribution in [0.5, 0.6) is 5.75 Å². The molecule has 1 aromatic heterocycles. The van der Waals surface area contributed by atoms with Crippen molar-refractivity contribution >= 4 is 28.3 Å². The van der Waals surface area contributed by atoms with Crippen LogP contribution in [-0.2, 0) is 0 Å². The number of hydrogen-bond acceptors (Lipinski definition) is 5. The van der Waals surface area contributed by atoms with Crippen LogP contribution >= 0.6 is 11.6 Å². The first-order valence-electron chi connectivity index (χ1n) is 9.57. The molecule has 0 N–H and O–H groups in total. The summed E-state index contributed by atoms with van der Waals surface area (Å²) in [7, 11) is 0. The lowest BCUT2D eigenvalue weighted by atomic mass is 10.2. The molecule has 28 heavy (non-hydrogen) atoms. The summed E-state index contributed by atoms with van der Waals surface area (Å²) in [6.07, 6.45) is 0.956. The van der Waals surface area contributed by atoms with Gasteiger partial charge in [-0.2, -0.15) is 0 Å². The summed E-state index contributed by atoms with van der Waals surface area (Å²) < 4.78 is 11.0. The molecule has 6 heteroatoms. The fraction of sp³-hybridized carbons (Fsp3) is 0.318. The number of halogens is 1. The van der Waals surface area contributed by atoms with E-state index >= 15 is 0 Å². The molecule has 4 rings (SSSR count). The molecule has 2 aromatic carbocycles. The molecule has 2 heterocycles. The Hall–Kier alpha value is -2.50. The monoisotopic (exact) mass is 398 g/mol. The van der Waals surface area contributed by atoms with Crippen LogP contribution < -0.4 is 15.3 Å². The van der Waals surface area contributed by atoms with Gasteiger partial charge in [-0.15, -0.1) is 0 Å². The molecular weight excluding hydrogens is 376 g/mol. The van der Waals surface area contributed by atoms with E-state index in [9.17, 15) is 4.79 Å². The lowest BCUT2D eigenvalue weighted by Crippen LogP contribution is -2.46. The van der Waals surface area contributed by atoms with Crippen molar-refractivity contribution in [3.8, 4) is 5.75 Å². The first-order chi connectivity index (χ1) is 13.7. The van der Waals surface area contributed by atoms with Gasteiger partial charge in [0.15, 0.2) is 0 Å². The fourth-order valence-electron chi connectivity index (χ4n) is 3.49. The largest absolute Gasteiger partial charge is 0.493 e. The molecule has 0 unspecified atom stereocenters. The maximum atomic E-state index is 11.3. The summed E-state index contributed by atoms with van der Waals surface area (Å²) in [5, 5.41) is 1.67. The van der Waals surface area contributed by atoms with Crippen LogP contribution in [0.15, 0.2) is 63.8 Å². The lowest BCUT2D eigenvalue weighted by Gasteiger charge is -2.36. The molecule has 0 spiro atoms. The first-order valence-corrected chi connectivity index (χ1v) is 9.95. The van der Waals surface area contributed by atoms with Crippen molar-refractivity contribution in [2.45, 2.75) is 6.42 Å². The van der Waals surface area contributed by atoms with E-state index in [1.807, 2.05) is 24.3 Å². The van der Waals surface area contributed by atoms with Crippen LogP contribution in [0.3, 0.4) is 0 Å². The summed E-state index contributed by atoms with van der Waals surface area (Å²) in [5.41, 5.74) is 1.45. The summed E-state index contributed by atoms with van der Waals surface area (Å²) in [5.74, 6) is 0.731. The standard InChI is InChI=1S/C22H23ClN2O3/c23-18-4-6-19(7-5-18)25-13-11-24(12-14-25)10-1-15-27-20-8-2-17-3-9-22(26)28-21(17)16-20/h2-9,16H,1,10-15H2. The summed E-state index contributed by atoms with van der Waals surface area (Å²) >= 11 is 5.97. The van der Waals surface area contributed by atoms with Crippen LogP contribution in [0.1, 0.15) is 6.42 Å². The molecule has 1 aliphatic heterocycles. The molecule has 0 amide bonds. The van der Waals surface area contributed by atoms with Crippen molar-refractivity contribution in [3.05, 3.63) is 70.0 Å². The molecule has 0 atom stereocenters. The van der Waals surface area contributed by atoms with Crippen molar-refractivity contribution in [1.82, 2.24) is 4.90 Å². The molecule has 0 bridgehead atoms. The van der Waals surface area contributed by atoms with Crippen LogP contribution in [-0.4, -0.2) is 44.2 Å². The van der Waals surface area contributed by atoms with Crippen LogP contribution in [0.2, 0.25) is 5.02 Å². The van der Waals surface area contributed by atoms with Crippen molar-refractivity contribution in [2.75, 3.05) is 44.2 Å². The highest BCUT2D eigenvalue weighted by atomic mass is 35.5. The van der Waals surface area contributed by atoms with E-state index in [0.717, 1.165) is 55.3 Å². The Morgan fingerprint density at radius 1 is 0.964 bits per heavy atom. The molecule has 1 fully saturated rings. The summed E-state index contributed by atoms with van der Waals surface area (Å²) in [6, 6.07) is 16.8. The first kappa shape index (κ1) is 18.8. The van der Waals surface area contributed by atoms with Gasteiger partial charge in [0.1, 0.15) is 11.3 Å². The average molecular weight is 399 g/mol. The molecule has 0 saturated carbocycles. The molecule has 0 aliphatic carbocycles. The van der Waals surface area contributed by atoms with Gasteiger partial charge in [0.25, 0.3) is 0 Å². The van der Waals surface area contributed by atoms with E-state index < -0.39 is 0 Å². The third-order valence-electron chi connectivity index (χ3n) is 5.05. The highest BCUT2D eigenvalue weighted by Gasteiger charge is 2.16. The minimum atomic E-state index is -0.345. The minimum Gasteiger partial charge on any atom is -0.493 e. The molecule has 0 radical (unpaired) electrons. The topological polar surface area (TPSA) is 45.9 Å². The summed E-state index contributed by atoms with van der Waals surface area (Å²) in [6.45, 7) is 5.78. The minimum absolute atomic E-state index is 0.345. The number of hydrogen-bond donors (Lipinski definition) is 0. The fourth-order valence-corrected chi connectivity index (χ4v) is 3.62. The number of ether oxygens (including phenoxy) is 1. The van der Waals surface area contributed by atoms with Gasteiger partial charge in [-0.25, -0.2) is 4.79 Å². The third-order valence-corrected chi connectivity index (χ3v) is 5.30. The van der Waals surface area contributed by atoms with Crippen molar-refractivity contribution in [3.63, 3.8) is 0 Å². The molecule has 5 nitrogen and oxygen atoms in total. The van der Waals surface area contributed by atoms with Gasteiger partial charge in [-0.05, 0) is 48.9 Å². The Morgan fingerprint density at radius 3 is 2.50 bits per heavy atom. The Bertz CT molecular complexity index is 979. The zero-order valence-electron chi connectivity index (χ0n) is 15.6. The van der Waals surface area contributed by atoms with Gasteiger partial charge in [0, 0.05) is 61.0 Å². The van der Waals surface area contributed by atoms with E-state index in [2.05, 4.69) is 21.9 Å². The van der Waals surface area contributed by atoms with Gasteiger partial charge >= 0.3 is 5.63 Å². The third kappa shape index (κ3) is 4.66. The van der Waals surface area contributed by atoms with Crippen LogP contribution in [0.25, 0.3) is 11.0 Å². The zero-order valence-corrected chi connectivity index (χ0v) is 16.4. The van der Waals surface area contributed by atoms with Gasteiger partial charge in [0.2, 0.25) is 0 Å². The average Bonchev–Trinajstić information content (AvgIpc) is 2.72. The number of fused-ring (bicyclic) bond motifs is 1. The molecule has 1 saturated heterocycles. The van der Waals surface area contributed by atoms with E-state index in [1.165, 1.54) is 11.8 Å². The summed E-state index contributed by atoms with van der Waals surface area (Å²) in [4.78, 5) is 16.2. The smallest absolute Gasteiger partial charge is 0.336 e. The van der Waals surface area contributed by atoms with Crippen LogP contribution in [0, 0.1) is 0 Å². The molecule has 3 aromatic rings. The number of rotatable bonds is 6. The Balaban J connectivity index is 1.21. The number of benzene rings is 2. The van der Waals surface area contributed by atoms with E-state index in [0.29, 0.717) is 12.2 Å². The SMILES string of the molecule is O=c1ccc2ccc(OCCCN3CCN(c4ccc(Cl)cc4)CC3)cc2o1. The second kappa shape index (κ2) is 8.67. The van der Waals surface area contributed by atoms with Gasteiger partial charge in [-0.3, -0.25) is 4.90 Å². The Labute approximate surface area is 169 Å². The van der Waals surface area contributed by atoms with Crippen LogP contribution in [0.4, 0.5) is 5.69 Å². The second-order valence-corrected chi connectivity index (χ2v) is 7.40. The predicted octanol–water partition coefficient (Wildman–Crippen LogP) is 4.04.